The van der Waals surface area contributed by atoms with Crippen molar-refractivity contribution < 1.29 is 18.5 Å². The molecule has 6 heteroatoms. The van der Waals surface area contributed by atoms with Gasteiger partial charge in [0.1, 0.15) is 5.60 Å². The number of aryl methyl sites for hydroxylation is 1. The summed E-state index contributed by atoms with van der Waals surface area (Å²) in [4.78, 5) is 26.9. The molecule has 0 aliphatic carbocycles. The zero-order chi connectivity index (χ0) is 17.9. The number of benzene rings is 1. The van der Waals surface area contributed by atoms with Gasteiger partial charge in [0.05, 0.1) is 22.6 Å². The van der Waals surface area contributed by atoms with E-state index in [1.54, 1.807) is 32.9 Å². The summed E-state index contributed by atoms with van der Waals surface area (Å²) < 4.78 is 17.7. The molecule has 1 aromatic carbocycles. The first-order valence-corrected chi connectivity index (χ1v) is 9.46. The molecular weight excluding hydrogens is 326 g/mol. The van der Waals surface area contributed by atoms with Crippen molar-refractivity contribution in [1.29, 1.82) is 0 Å². The van der Waals surface area contributed by atoms with E-state index in [1.165, 1.54) is 4.90 Å². The van der Waals surface area contributed by atoms with Crippen LogP contribution in [0.2, 0.25) is 0 Å². The second kappa shape index (κ2) is 7.47. The highest BCUT2D eigenvalue weighted by molar-refractivity contribution is 7.85. The highest BCUT2D eigenvalue weighted by atomic mass is 32.2. The average molecular weight is 351 g/mol. The van der Waals surface area contributed by atoms with E-state index in [2.05, 4.69) is 0 Å². The molecule has 2 rings (SSSR count). The van der Waals surface area contributed by atoms with Gasteiger partial charge in [-0.15, -0.1) is 0 Å². The minimum absolute atomic E-state index is 0.0764. The average Bonchev–Trinajstić information content (AvgIpc) is 2.95. The summed E-state index contributed by atoms with van der Waals surface area (Å²) in [5.74, 6) is -0.246. The van der Waals surface area contributed by atoms with Crippen LogP contribution in [0.15, 0.2) is 29.2 Å². The van der Waals surface area contributed by atoms with Crippen molar-refractivity contribution in [3.8, 4) is 0 Å². The normalized spacial score (nSPS) is 19.2. The van der Waals surface area contributed by atoms with Gasteiger partial charge in [-0.2, -0.15) is 0 Å². The summed E-state index contributed by atoms with van der Waals surface area (Å²) in [6.45, 7) is 7.84. The van der Waals surface area contributed by atoms with E-state index in [4.69, 9.17) is 4.74 Å². The van der Waals surface area contributed by atoms with Gasteiger partial charge in [-0.1, -0.05) is 17.7 Å². The molecule has 5 nitrogen and oxygen atoms in total. The monoisotopic (exact) mass is 351 g/mol. The van der Waals surface area contributed by atoms with Gasteiger partial charge in [-0.05, 0) is 52.7 Å². The van der Waals surface area contributed by atoms with Crippen LogP contribution in [-0.2, 0) is 20.3 Å². The van der Waals surface area contributed by atoms with Crippen LogP contribution in [0.1, 0.15) is 39.2 Å². The van der Waals surface area contributed by atoms with Crippen LogP contribution in [0, 0.1) is 6.92 Å². The van der Waals surface area contributed by atoms with Crippen LogP contribution in [0.3, 0.4) is 0 Å². The summed E-state index contributed by atoms with van der Waals surface area (Å²) in [6, 6.07) is 6.77. The van der Waals surface area contributed by atoms with Crippen molar-refractivity contribution in [3.05, 3.63) is 29.8 Å². The third-order valence-electron chi connectivity index (χ3n) is 3.81. The summed E-state index contributed by atoms with van der Waals surface area (Å²) in [5.41, 5.74) is 0.479. The summed E-state index contributed by atoms with van der Waals surface area (Å²) >= 11 is 0. The molecule has 1 fully saturated rings. The molecule has 1 aliphatic heterocycles. The lowest BCUT2D eigenvalue weighted by molar-refractivity contribution is -0.120. The smallest absolute Gasteiger partial charge is 0.410 e. The second-order valence-corrected chi connectivity index (χ2v) is 8.55. The fraction of sp³-hybridized carbons (Fsp3) is 0.556. The quantitative estimate of drug-likeness (QED) is 0.836. The minimum atomic E-state index is -1.39. The molecular formula is C18H25NO4S. The Morgan fingerprint density at radius 3 is 2.46 bits per heavy atom. The molecule has 0 aromatic heterocycles. The van der Waals surface area contributed by atoms with Gasteiger partial charge in [0.15, 0.2) is 5.78 Å². The maximum absolute atomic E-state index is 12.5. The van der Waals surface area contributed by atoms with E-state index in [-0.39, 0.29) is 11.5 Å². The van der Waals surface area contributed by atoms with E-state index in [0.717, 1.165) is 12.0 Å². The molecule has 1 saturated heterocycles. The van der Waals surface area contributed by atoms with Crippen molar-refractivity contribution in [3.63, 3.8) is 0 Å². The van der Waals surface area contributed by atoms with E-state index in [0.29, 0.717) is 17.9 Å². The maximum atomic E-state index is 12.5. The van der Waals surface area contributed by atoms with E-state index >= 15 is 0 Å². The van der Waals surface area contributed by atoms with Crippen molar-refractivity contribution in [1.82, 2.24) is 4.90 Å². The molecule has 24 heavy (non-hydrogen) atoms. The Bertz CT molecular complexity index is 633. The predicted molar refractivity (Wildman–Crippen MR) is 93.4 cm³/mol. The number of amides is 1. The van der Waals surface area contributed by atoms with Crippen molar-refractivity contribution >= 4 is 22.7 Å². The number of ether oxygens (including phenoxy) is 1. The SMILES string of the molecule is Cc1ccc(S(=O)CC(=O)C2CCCN2C(=O)OC(C)(C)C)cc1. The molecule has 0 bridgehead atoms. The van der Waals surface area contributed by atoms with Crippen LogP contribution in [-0.4, -0.2) is 44.9 Å². The standard InChI is InChI=1S/C18H25NO4S/c1-13-7-9-14(10-8-13)24(22)12-16(20)15-6-5-11-19(15)17(21)23-18(2,3)4/h7-10,15H,5-6,11-12H2,1-4H3. The zero-order valence-electron chi connectivity index (χ0n) is 14.7. The summed E-state index contributed by atoms with van der Waals surface area (Å²) in [6.07, 6.45) is 0.884. The van der Waals surface area contributed by atoms with Gasteiger partial charge in [0.25, 0.3) is 0 Å². The Hall–Kier alpha value is -1.69. The van der Waals surface area contributed by atoms with Crippen molar-refractivity contribution in [2.24, 2.45) is 0 Å². The van der Waals surface area contributed by atoms with Crippen LogP contribution in [0.5, 0.6) is 0 Å². The van der Waals surface area contributed by atoms with Crippen molar-refractivity contribution in [2.45, 2.75) is 57.1 Å². The topological polar surface area (TPSA) is 63.7 Å². The van der Waals surface area contributed by atoms with Crippen molar-refractivity contribution in [2.75, 3.05) is 12.3 Å². The number of Topliss-reactive ketones (excluding diaryl/α,β-unsaturated/α-hetero) is 1. The van der Waals surface area contributed by atoms with E-state index < -0.39 is 28.5 Å². The summed E-state index contributed by atoms with van der Waals surface area (Å²) in [7, 11) is -1.39. The third-order valence-corrected chi connectivity index (χ3v) is 5.15. The first-order valence-electron chi connectivity index (χ1n) is 8.15. The van der Waals surface area contributed by atoms with Gasteiger partial charge in [-0.3, -0.25) is 13.9 Å². The first-order chi connectivity index (χ1) is 11.2. The molecule has 0 spiro atoms. The van der Waals surface area contributed by atoms with Gasteiger partial charge < -0.3 is 4.74 Å². The molecule has 132 valence electrons. The van der Waals surface area contributed by atoms with Crippen LogP contribution < -0.4 is 0 Å². The fourth-order valence-electron chi connectivity index (χ4n) is 2.64. The van der Waals surface area contributed by atoms with Crippen LogP contribution in [0.4, 0.5) is 4.79 Å². The number of nitrogens with zero attached hydrogens (tertiary/aromatic N) is 1. The lowest BCUT2D eigenvalue weighted by Gasteiger charge is -2.27. The lowest BCUT2D eigenvalue weighted by atomic mass is 10.1. The maximum Gasteiger partial charge on any atom is 0.410 e. The second-order valence-electron chi connectivity index (χ2n) is 7.10. The molecule has 0 saturated carbocycles. The molecule has 1 amide bonds. The van der Waals surface area contributed by atoms with Gasteiger partial charge in [0, 0.05) is 11.4 Å². The largest absolute Gasteiger partial charge is 0.444 e. The lowest BCUT2D eigenvalue weighted by Crippen LogP contribution is -2.44. The Morgan fingerprint density at radius 1 is 1.25 bits per heavy atom. The molecule has 1 heterocycles. The number of ketones is 1. The molecule has 2 unspecified atom stereocenters. The molecule has 1 aromatic rings. The Kier molecular flexibility index (Phi) is 5.80. The number of rotatable bonds is 4. The predicted octanol–water partition coefficient (Wildman–Crippen LogP) is 3.07. The molecule has 0 radical (unpaired) electrons. The number of likely N-dealkylation sites (tertiary alicyclic amines) is 1. The summed E-state index contributed by atoms with van der Waals surface area (Å²) in [5, 5.41) is 0. The highest BCUT2D eigenvalue weighted by Crippen LogP contribution is 2.22. The number of carbonyl (C=O) groups is 2. The Labute approximate surface area is 145 Å². The minimum Gasteiger partial charge on any atom is -0.444 e. The van der Waals surface area contributed by atoms with Gasteiger partial charge >= 0.3 is 6.09 Å². The Balaban J connectivity index is 2.01. The zero-order valence-corrected chi connectivity index (χ0v) is 15.5. The van der Waals surface area contributed by atoms with Crippen LogP contribution in [0.25, 0.3) is 0 Å². The molecule has 1 aliphatic rings. The van der Waals surface area contributed by atoms with Gasteiger partial charge in [-0.25, -0.2) is 4.79 Å². The van der Waals surface area contributed by atoms with Gasteiger partial charge in [0.2, 0.25) is 0 Å². The van der Waals surface area contributed by atoms with E-state index in [9.17, 15) is 13.8 Å². The number of hydrogen-bond acceptors (Lipinski definition) is 4. The first kappa shape index (κ1) is 18.6. The highest BCUT2D eigenvalue weighted by Gasteiger charge is 2.36. The third kappa shape index (κ3) is 4.90. The molecule has 2 atom stereocenters. The number of carbonyl (C=O) groups excluding carboxylic acids is 2. The van der Waals surface area contributed by atoms with E-state index in [1.807, 2.05) is 19.1 Å². The Morgan fingerprint density at radius 2 is 1.88 bits per heavy atom. The fourth-order valence-corrected chi connectivity index (χ4v) is 3.70. The number of hydrogen-bond donors (Lipinski definition) is 0. The van der Waals surface area contributed by atoms with Crippen LogP contribution >= 0.6 is 0 Å². The molecule has 0 N–H and O–H groups in total.